The number of likely N-dealkylation sites (tertiary alicyclic amines) is 1. The van der Waals surface area contributed by atoms with Gasteiger partial charge in [-0.2, -0.15) is 0 Å². The van der Waals surface area contributed by atoms with Crippen LogP contribution in [0.15, 0.2) is 66.7 Å². The summed E-state index contributed by atoms with van der Waals surface area (Å²) in [7, 11) is 0. The SMILES string of the molecule is CCC1=C(c2cccc(O)c2)[C@@H](c2ccc(OCCN3CC(CC)C3)cc2)Oc2cc(O)ccc21. The molecule has 3 aromatic rings. The Morgan fingerprint density at radius 1 is 0.943 bits per heavy atom. The molecule has 5 nitrogen and oxygen atoms in total. The lowest BCUT2D eigenvalue weighted by molar-refractivity contribution is 0.0806. The third-order valence-corrected chi connectivity index (χ3v) is 7.10. The van der Waals surface area contributed by atoms with Crippen molar-refractivity contribution in [3.05, 3.63) is 83.4 Å². The van der Waals surface area contributed by atoms with Gasteiger partial charge in [0.05, 0.1) is 0 Å². The van der Waals surface area contributed by atoms with Crippen LogP contribution in [0.4, 0.5) is 0 Å². The van der Waals surface area contributed by atoms with Crippen LogP contribution in [0.5, 0.6) is 23.0 Å². The molecule has 0 aromatic heterocycles. The van der Waals surface area contributed by atoms with Gasteiger partial charge in [0.1, 0.15) is 35.7 Å². The first-order valence-corrected chi connectivity index (χ1v) is 12.5. The molecule has 182 valence electrons. The van der Waals surface area contributed by atoms with E-state index in [0.717, 1.165) is 52.5 Å². The Morgan fingerprint density at radius 2 is 1.71 bits per heavy atom. The van der Waals surface area contributed by atoms with E-state index < -0.39 is 0 Å². The van der Waals surface area contributed by atoms with Crippen molar-refractivity contribution in [3.8, 4) is 23.0 Å². The minimum atomic E-state index is -0.373. The number of fused-ring (bicyclic) bond motifs is 1. The molecule has 2 heterocycles. The molecule has 0 radical (unpaired) electrons. The van der Waals surface area contributed by atoms with E-state index in [0.29, 0.717) is 12.4 Å². The normalized spacial score (nSPS) is 18.1. The largest absolute Gasteiger partial charge is 0.508 e. The van der Waals surface area contributed by atoms with Crippen molar-refractivity contribution in [3.63, 3.8) is 0 Å². The van der Waals surface area contributed by atoms with E-state index in [1.165, 1.54) is 19.5 Å². The van der Waals surface area contributed by atoms with E-state index in [-0.39, 0.29) is 17.6 Å². The molecule has 2 aliphatic heterocycles. The highest BCUT2D eigenvalue weighted by Crippen LogP contribution is 2.49. The zero-order chi connectivity index (χ0) is 24.4. The molecule has 0 spiro atoms. The van der Waals surface area contributed by atoms with Crippen molar-refractivity contribution in [1.82, 2.24) is 4.90 Å². The minimum Gasteiger partial charge on any atom is -0.508 e. The van der Waals surface area contributed by atoms with E-state index in [2.05, 4.69) is 18.7 Å². The minimum absolute atomic E-state index is 0.176. The van der Waals surface area contributed by atoms with Crippen molar-refractivity contribution in [1.29, 1.82) is 0 Å². The highest BCUT2D eigenvalue weighted by atomic mass is 16.5. The molecule has 3 aromatic carbocycles. The van der Waals surface area contributed by atoms with Gasteiger partial charge in [-0.1, -0.05) is 44.5 Å². The Hall–Kier alpha value is -3.44. The Morgan fingerprint density at radius 3 is 2.43 bits per heavy atom. The lowest BCUT2D eigenvalue weighted by Crippen LogP contribution is -2.47. The number of phenolic OH excluding ortho intramolecular Hbond substituents is 2. The van der Waals surface area contributed by atoms with Crippen molar-refractivity contribution in [2.24, 2.45) is 5.92 Å². The van der Waals surface area contributed by atoms with E-state index in [9.17, 15) is 10.2 Å². The third-order valence-electron chi connectivity index (χ3n) is 7.10. The molecule has 5 heteroatoms. The second-order valence-corrected chi connectivity index (χ2v) is 9.43. The molecule has 1 saturated heterocycles. The fourth-order valence-electron chi connectivity index (χ4n) is 5.11. The molecule has 1 atom stereocenters. The molecule has 5 rings (SSSR count). The van der Waals surface area contributed by atoms with E-state index >= 15 is 0 Å². The number of rotatable bonds is 8. The zero-order valence-electron chi connectivity index (χ0n) is 20.4. The molecule has 1 fully saturated rings. The molecule has 0 unspecified atom stereocenters. The van der Waals surface area contributed by atoms with E-state index in [1.807, 2.05) is 42.5 Å². The van der Waals surface area contributed by atoms with Crippen LogP contribution in [-0.2, 0) is 0 Å². The smallest absolute Gasteiger partial charge is 0.150 e. The van der Waals surface area contributed by atoms with Crippen molar-refractivity contribution in [2.45, 2.75) is 32.8 Å². The predicted octanol–water partition coefficient (Wildman–Crippen LogP) is 6.27. The number of ether oxygens (including phenoxy) is 2. The van der Waals surface area contributed by atoms with Crippen molar-refractivity contribution < 1.29 is 19.7 Å². The molecule has 0 saturated carbocycles. The van der Waals surface area contributed by atoms with Crippen LogP contribution in [0.25, 0.3) is 11.1 Å². The Bertz CT molecular complexity index is 1210. The monoisotopic (exact) mass is 471 g/mol. The van der Waals surface area contributed by atoms with Crippen LogP contribution in [0.2, 0.25) is 0 Å². The number of nitrogens with zero attached hydrogens (tertiary/aromatic N) is 1. The highest BCUT2D eigenvalue weighted by molar-refractivity contribution is 5.96. The van der Waals surface area contributed by atoms with Crippen LogP contribution >= 0.6 is 0 Å². The van der Waals surface area contributed by atoms with Gasteiger partial charge in [-0.05, 0) is 65.4 Å². The molecular weight excluding hydrogens is 438 g/mol. The average Bonchev–Trinajstić information content (AvgIpc) is 2.84. The standard InChI is InChI=1S/C30H33NO4/c1-3-20-18-31(19-20)14-15-34-25-11-8-21(9-12-25)30-29(22-6-5-7-23(32)16-22)26(4-2)27-13-10-24(33)17-28(27)35-30/h5-13,16-17,20,30,32-33H,3-4,14-15,18-19H2,1-2H3/t30-/m1/s1. The molecule has 35 heavy (non-hydrogen) atoms. The van der Waals surface area contributed by atoms with Gasteiger partial charge in [0, 0.05) is 36.8 Å². The van der Waals surface area contributed by atoms with E-state index in [4.69, 9.17) is 9.47 Å². The summed E-state index contributed by atoms with van der Waals surface area (Å²) in [6, 6.07) is 20.6. The first kappa shape index (κ1) is 23.3. The van der Waals surface area contributed by atoms with Gasteiger partial charge in [0.15, 0.2) is 0 Å². The Balaban J connectivity index is 1.41. The third kappa shape index (κ3) is 4.87. The number of aromatic hydroxyl groups is 2. The summed E-state index contributed by atoms with van der Waals surface area (Å²) in [6.07, 6.45) is 1.67. The summed E-state index contributed by atoms with van der Waals surface area (Å²) < 4.78 is 12.5. The molecule has 0 aliphatic carbocycles. The lowest BCUT2D eigenvalue weighted by atomic mass is 9.84. The fraction of sp³-hybridized carbons (Fsp3) is 0.333. The van der Waals surface area contributed by atoms with Gasteiger partial charge < -0.3 is 19.7 Å². The second kappa shape index (κ2) is 10.0. The number of allylic oxidation sites excluding steroid dienone is 1. The molecule has 0 amide bonds. The predicted molar refractivity (Wildman–Crippen MR) is 139 cm³/mol. The van der Waals surface area contributed by atoms with Crippen LogP contribution in [-0.4, -0.2) is 41.4 Å². The summed E-state index contributed by atoms with van der Waals surface area (Å²) in [5, 5.41) is 20.3. The summed E-state index contributed by atoms with van der Waals surface area (Å²) >= 11 is 0. The maximum absolute atomic E-state index is 10.2. The summed E-state index contributed by atoms with van der Waals surface area (Å²) in [5.41, 5.74) is 5.05. The first-order valence-electron chi connectivity index (χ1n) is 12.5. The number of benzene rings is 3. The molecular formula is C30H33NO4. The topological polar surface area (TPSA) is 62.2 Å². The quantitative estimate of drug-likeness (QED) is 0.405. The van der Waals surface area contributed by atoms with E-state index in [1.54, 1.807) is 24.3 Å². The Labute approximate surface area is 207 Å². The second-order valence-electron chi connectivity index (χ2n) is 9.43. The number of phenols is 2. The number of hydrogen-bond donors (Lipinski definition) is 2. The van der Waals surface area contributed by atoms with Crippen LogP contribution in [0.1, 0.15) is 49.5 Å². The maximum atomic E-state index is 10.2. The fourth-order valence-corrected chi connectivity index (χ4v) is 5.11. The van der Waals surface area contributed by atoms with Crippen molar-refractivity contribution >= 4 is 11.1 Å². The first-order chi connectivity index (χ1) is 17.1. The van der Waals surface area contributed by atoms with Gasteiger partial charge in [-0.25, -0.2) is 0 Å². The van der Waals surface area contributed by atoms with Gasteiger partial charge in [0.2, 0.25) is 0 Å². The summed E-state index contributed by atoms with van der Waals surface area (Å²) in [5.74, 6) is 2.75. The summed E-state index contributed by atoms with van der Waals surface area (Å²) in [4.78, 5) is 2.43. The van der Waals surface area contributed by atoms with Crippen molar-refractivity contribution in [2.75, 3.05) is 26.2 Å². The van der Waals surface area contributed by atoms with Crippen LogP contribution in [0, 0.1) is 5.92 Å². The molecule has 2 N–H and O–H groups in total. The highest BCUT2D eigenvalue weighted by Gasteiger charge is 2.31. The molecule has 0 bridgehead atoms. The summed E-state index contributed by atoms with van der Waals surface area (Å²) in [6.45, 7) is 8.36. The lowest BCUT2D eigenvalue weighted by Gasteiger charge is -2.38. The van der Waals surface area contributed by atoms with Gasteiger partial charge in [0.25, 0.3) is 0 Å². The van der Waals surface area contributed by atoms with Gasteiger partial charge >= 0.3 is 0 Å². The molecule has 2 aliphatic rings. The van der Waals surface area contributed by atoms with Crippen LogP contribution < -0.4 is 9.47 Å². The average molecular weight is 472 g/mol. The van der Waals surface area contributed by atoms with Gasteiger partial charge in [-0.3, -0.25) is 4.90 Å². The maximum Gasteiger partial charge on any atom is 0.150 e. The number of hydrogen-bond acceptors (Lipinski definition) is 5. The zero-order valence-corrected chi connectivity index (χ0v) is 20.4. The van der Waals surface area contributed by atoms with Gasteiger partial charge in [-0.15, -0.1) is 0 Å². The van der Waals surface area contributed by atoms with Crippen LogP contribution in [0.3, 0.4) is 0 Å². The Kier molecular flexibility index (Phi) is 6.69.